The first kappa shape index (κ1) is 16.8. The van der Waals surface area contributed by atoms with Gasteiger partial charge in [-0.15, -0.1) is 11.3 Å². The summed E-state index contributed by atoms with van der Waals surface area (Å²) in [5.74, 6) is 1.02. The second kappa shape index (κ2) is 6.65. The highest BCUT2D eigenvalue weighted by Gasteiger charge is 2.20. The minimum atomic E-state index is -0.270. The number of nitrogens with one attached hydrogen (secondary N) is 1. The molecule has 1 amide bonds. The highest BCUT2D eigenvalue weighted by molar-refractivity contribution is 7.13. The van der Waals surface area contributed by atoms with E-state index >= 15 is 0 Å². The van der Waals surface area contributed by atoms with Crippen molar-refractivity contribution in [2.24, 2.45) is 0 Å². The van der Waals surface area contributed by atoms with E-state index in [2.05, 4.69) is 15.5 Å². The van der Waals surface area contributed by atoms with Gasteiger partial charge in [-0.05, 0) is 36.6 Å². The van der Waals surface area contributed by atoms with Crippen LogP contribution in [-0.2, 0) is 0 Å². The van der Waals surface area contributed by atoms with Gasteiger partial charge in [-0.3, -0.25) is 4.79 Å². The van der Waals surface area contributed by atoms with Gasteiger partial charge < -0.3 is 19.3 Å². The molecular weight excluding hydrogens is 378 g/mol. The van der Waals surface area contributed by atoms with E-state index in [-0.39, 0.29) is 5.91 Å². The molecule has 4 heterocycles. The zero-order valence-corrected chi connectivity index (χ0v) is 15.7. The fraction of sp³-hybridized carbons (Fsp3) is 0.150. The third kappa shape index (κ3) is 2.87. The van der Waals surface area contributed by atoms with Crippen molar-refractivity contribution in [2.45, 2.75) is 6.92 Å². The molecule has 28 heavy (non-hydrogen) atoms. The molecule has 1 aromatic carbocycles. The van der Waals surface area contributed by atoms with Gasteiger partial charge >= 0.3 is 0 Å². The van der Waals surface area contributed by atoms with Gasteiger partial charge in [0, 0.05) is 11.8 Å². The van der Waals surface area contributed by atoms with Gasteiger partial charge in [0.1, 0.15) is 13.2 Å². The highest BCUT2D eigenvalue weighted by Crippen LogP contribution is 2.34. The molecule has 0 saturated heterocycles. The standard InChI is InChI=1S/C20H15N3O4S/c1-11-18-13(10-14(17-3-2-8-28-17)22-20(18)27-23-11)19(24)21-12-4-5-15-16(9-12)26-7-6-25-15/h2-5,8-10H,6-7H2,1H3,(H,21,24). The molecule has 0 fully saturated rings. The lowest BCUT2D eigenvalue weighted by atomic mass is 10.1. The predicted molar refractivity (Wildman–Crippen MR) is 105 cm³/mol. The highest BCUT2D eigenvalue weighted by atomic mass is 32.1. The first-order valence-corrected chi connectivity index (χ1v) is 9.59. The van der Waals surface area contributed by atoms with Gasteiger partial charge in [0.05, 0.1) is 27.2 Å². The molecule has 0 atom stereocenters. The third-order valence-electron chi connectivity index (χ3n) is 4.44. The Hall–Kier alpha value is -3.39. The fourth-order valence-electron chi connectivity index (χ4n) is 3.14. The smallest absolute Gasteiger partial charge is 0.259 e. The van der Waals surface area contributed by atoms with Crippen LogP contribution in [0.2, 0.25) is 0 Å². The number of amides is 1. The SMILES string of the molecule is Cc1noc2nc(-c3cccs3)cc(C(=O)Nc3ccc4c(c3)OCCO4)c12. The maximum Gasteiger partial charge on any atom is 0.259 e. The lowest BCUT2D eigenvalue weighted by Crippen LogP contribution is -2.16. The van der Waals surface area contributed by atoms with Crippen LogP contribution in [0.5, 0.6) is 11.5 Å². The van der Waals surface area contributed by atoms with Crippen LogP contribution >= 0.6 is 11.3 Å². The topological polar surface area (TPSA) is 86.5 Å². The van der Waals surface area contributed by atoms with E-state index in [4.69, 9.17) is 14.0 Å². The van der Waals surface area contributed by atoms with E-state index in [1.165, 1.54) is 0 Å². The van der Waals surface area contributed by atoms with Gasteiger partial charge in [0.2, 0.25) is 0 Å². The molecule has 1 aliphatic heterocycles. The van der Waals surface area contributed by atoms with Crippen molar-refractivity contribution in [1.82, 2.24) is 10.1 Å². The van der Waals surface area contributed by atoms with Crippen LogP contribution in [0.4, 0.5) is 5.69 Å². The fourth-order valence-corrected chi connectivity index (χ4v) is 3.83. The third-order valence-corrected chi connectivity index (χ3v) is 5.33. The number of ether oxygens (including phenoxy) is 2. The average molecular weight is 393 g/mol. The van der Waals surface area contributed by atoms with Crippen molar-refractivity contribution >= 4 is 34.0 Å². The van der Waals surface area contributed by atoms with E-state index in [9.17, 15) is 4.79 Å². The molecule has 7 nitrogen and oxygen atoms in total. The molecule has 1 N–H and O–H groups in total. The molecule has 0 spiro atoms. The Bertz CT molecular complexity index is 1180. The number of fused-ring (bicyclic) bond motifs is 2. The minimum Gasteiger partial charge on any atom is -0.486 e. The molecule has 0 aliphatic carbocycles. The van der Waals surface area contributed by atoms with Crippen molar-refractivity contribution in [1.29, 1.82) is 0 Å². The van der Waals surface area contributed by atoms with Crippen molar-refractivity contribution < 1.29 is 18.8 Å². The largest absolute Gasteiger partial charge is 0.486 e. The quantitative estimate of drug-likeness (QED) is 0.559. The molecule has 1 aliphatic rings. The Labute approximate surface area is 163 Å². The molecule has 0 bridgehead atoms. The minimum absolute atomic E-state index is 0.270. The number of hydrogen-bond donors (Lipinski definition) is 1. The van der Waals surface area contributed by atoms with Gasteiger partial charge in [-0.2, -0.15) is 0 Å². The summed E-state index contributed by atoms with van der Waals surface area (Å²) in [6.07, 6.45) is 0. The number of aromatic nitrogens is 2. The monoisotopic (exact) mass is 393 g/mol. The lowest BCUT2D eigenvalue weighted by Gasteiger charge is -2.19. The number of aryl methyl sites for hydroxylation is 1. The first-order chi connectivity index (χ1) is 13.7. The number of anilines is 1. The molecule has 0 unspecified atom stereocenters. The van der Waals surface area contributed by atoms with Crippen LogP contribution in [0.3, 0.4) is 0 Å². The molecular formula is C20H15N3O4S. The van der Waals surface area contributed by atoms with Crippen LogP contribution in [-0.4, -0.2) is 29.3 Å². The van der Waals surface area contributed by atoms with Gasteiger partial charge in [0.15, 0.2) is 11.5 Å². The number of benzene rings is 1. The Kier molecular flexibility index (Phi) is 3.98. The summed E-state index contributed by atoms with van der Waals surface area (Å²) in [5, 5.41) is 9.46. The summed E-state index contributed by atoms with van der Waals surface area (Å²) >= 11 is 1.54. The molecule has 5 rings (SSSR count). The second-order valence-electron chi connectivity index (χ2n) is 6.29. The Balaban J connectivity index is 1.54. The van der Waals surface area contributed by atoms with E-state index in [1.807, 2.05) is 17.5 Å². The number of hydrogen-bond acceptors (Lipinski definition) is 7. The summed E-state index contributed by atoms with van der Waals surface area (Å²) in [6, 6.07) is 11.0. The molecule has 140 valence electrons. The van der Waals surface area contributed by atoms with Gasteiger partial charge in [-0.25, -0.2) is 4.98 Å². The first-order valence-electron chi connectivity index (χ1n) is 8.71. The van der Waals surface area contributed by atoms with Crippen molar-refractivity contribution in [2.75, 3.05) is 18.5 Å². The summed E-state index contributed by atoms with van der Waals surface area (Å²) in [6.45, 7) is 2.80. The number of thiophene rings is 1. The number of carbonyl (C=O) groups excluding carboxylic acids is 1. The number of nitrogens with zero attached hydrogens (tertiary/aromatic N) is 2. The Morgan fingerprint density at radius 2 is 2.00 bits per heavy atom. The average Bonchev–Trinajstić information content (AvgIpc) is 3.38. The van der Waals surface area contributed by atoms with Crippen LogP contribution < -0.4 is 14.8 Å². The molecule has 0 radical (unpaired) electrons. The normalized spacial score (nSPS) is 12.9. The second-order valence-corrected chi connectivity index (χ2v) is 7.24. The van der Waals surface area contributed by atoms with Gasteiger partial charge in [0.25, 0.3) is 11.6 Å². The number of pyridine rings is 1. The molecule has 3 aromatic heterocycles. The van der Waals surface area contributed by atoms with Crippen LogP contribution in [0.25, 0.3) is 21.7 Å². The summed E-state index contributed by atoms with van der Waals surface area (Å²) in [4.78, 5) is 18.6. The van der Waals surface area contributed by atoms with Crippen molar-refractivity contribution in [3.05, 3.63) is 53.0 Å². The number of carbonyl (C=O) groups is 1. The zero-order chi connectivity index (χ0) is 19.1. The van der Waals surface area contributed by atoms with E-state index in [0.717, 1.165) is 4.88 Å². The summed E-state index contributed by atoms with van der Waals surface area (Å²) in [5.41, 5.74) is 2.71. The lowest BCUT2D eigenvalue weighted by molar-refractivity contribution is 0.102. The van der Waals surface area contributed by atoms with Gasteiger partial charge in [-0.1, -0.05) is 11.2 Å². The van der Waals surface area contributed by atoms with E-state index < -0.39 is 0 Å². The Morgan fingerprint density at radius 3 is 2.82 bits per heavy atom. The van der Waals surface area contributed by atoms with E-state index in [1.54, 1.807) is 42.5 Å². The van der Waals surface area contributed by atoms with E-state index in [0.29, 0.717) is 58.5 Å². The van der Waals surface area contributed by atoms with Crippen molar-refractivity contribution in [3.63, 3.8) is 0 Å². The van der Waals surface area contributed by atoms with Crippen LogP contribution in [0, 0.1) is 6.92 Å². The van der Waals surface area contributed by atoms with Crippen molar-refractivity contribution in [3.8, 4) is 22.1 Å². The Morgan fingerprint density at radius 1 is 1.14 bits per heavy atom. The summed E-state index contributed by atoms with van der Waals surface area (Å²) < 4.78 is 16.4. The predicted octanol–water partition coefficient (Wildman–Crippen LogP) is 4.28. The molecule has 0 saturated carbocycles. The van der Waals surface area contributed by atoms with Crippen LogP contribution in [0.1, 0.15) is 16.1 Å². The molecule has 4 aromatic rings. The molecule has 8 heteroatoms. The zero-order valence-electron chi connectivity index (χ0n) is 14.9. The maximum atomic E-state index is 13.1. The number of rotatable bonds is 3. The maximum absolute atomic E-state index is 13.1. The summed E-state index contributed by atoms with van der Waals surface area (Å²) in [7, 11) is 0. The van der Waals surface area contributed by atoms with Crippen LogP contribution in [0.15, 0.2) is 46.3 Å².